The summed E-state index contributed by atoms with van der Waals surface area (Å²) in [4.78, 5) is 26.2. The molecule has 3 N–H and O–H groups in total. The lowest BCUT2D eigenvalue weighted by molar-refractivity contribution is -0.0171. The van der Waals surface area contributed by atoms with Gasteiger partial charge >= 0.3 is 6.03 Å². The number of carbonyl (C=O) groups is 2. The molecule has 1 saturated heterocycles. The van der Waals surface area contributed by atoms with Crippen LogP contribution >= 0.6 is 23.4 Å². The molecule has 2 fully saturated rings. The smallest absolute Gasteiger partial charge is 0.325 e. The van der Waals surface area contributed by atoms with E-state index in [0.717, 1.165) is 17.3 Å². The van der Waals surface area contributed by atoms with Gasteiger partial charge in [-0.2, -0.15) is 0 Å². The summed E-state index contributed by atoms with van der Waals surface area (Å²) in [5.74, 6) is 0. The maximum absolute atomic E-state index is 12.6. The van der Waals surface area contributed by atoms with Crippen LogP contribution in [-0.2, 0) is 0 Å². The zero-order valence-electron chi connectivity index (χ0n) is 13.8. The van der Waals surface area contributed by atoms with E-state index in [9.17, 15) is 19.8 Å². The second kappa shape index (κ2) is 7.53. The largest absolute Gasteiger partial charge is 0.390 e. The number of nitrogens with zero attached hydrogens (tertiary/aromatic N) is 1. The molecule has 3 amide bonds. The number of hydrogen-bond acceptors (Lipinski definition) is 5. The number of imide groups is 1. The van der Waals surface area contributed by atoms with E-state index < -0.39 is 18.2 Å². The molecule has 136 valence electrons. The van der Waals surface area contributed by atoms with Gasteiger partial charge < -0.3 is 15.5 Å². The van der Waals surface area contributed by atoms with Crippen LogP contribution in [0.5, 0.6) is 0 Å². The Kier molecular flexibility index (Phi) is 5.58. The molecule has 1 aliphatic carbocycles. The molecule has 6 nitrogen and oxygen atoms in total. The number of thioether (sulfide) groups is 1. The van der Waals surface area contributed by atoms with Crippen molar-refractivity contribution in [3.05, 3.63) is 34.9 Å². The van der Waals surface area contributed by atoms with Crippen LogP contribution in [0.4, 0.5) is 9.59 Å². The Morgan fingerprint density at radius 1 is 1.24 bits per heavy atom. The number of rotatable bonds is 2. The molecule has 1 aliphatic heterocycles. The first-order valence-corrected chi connectivity index (χ1v) is 9.54. The standard InChI is InChI=1S/C17H21ClN2O4S/c1-9-15(10-2-4-11(18)5-3-10)25-17(24)20(9)16(23)19-12-6-7-13(21)14(22)8-12/h2-5,9,12-15,21-22H,6-8H2,1H3,(H,19,23). The minimum Gasteiger partial charge on any atom is -0.390 e. The third-order valence-electron chi connectivity index (χ3n) is 4.80. The molecule has 8 heteroatoms. The van der Waals surface area contributed by atoms with Gasteiger partial charge in [0.25, 0.3) is 5.24 Å². The molecule has 3 rings (SSSR count). The second-order valence-electron chi connectivity index (χ2n) is 6.56. The van der Waals surface area contributed by atoms with E-state index in [2.05, 4.69) is 5.32 Å². The normalized spacial score (nSPS) is 32.7. The highest BCUT2D eigenvalue weighted by molar-refractivity contribution is 8.14. The Morgan fingerprint density at radius 3 is 2.56 bits per heavy atom. The van der Waals surface area contributed by atoms with Crippen LogP contribution in [0.1, 0.15) is 37.0 Å². The summed E-state index contributed by atoms with van der Waals surface area (Å²) in [5, 5.41) is 22.3. The van der Waals surface area contributed by atoms with Gasteiger partial charge in [-0.25, -0.2) is 4.79 Å². The fourth-order valence-electron chi connectivity index (χ4n) is 3.34. The van der Waals surface area contributed by atoms with Crippen molar-refractivity contribution >= 4 is 34.6 Å². The average Bonchev–Trinajstić information content (AvgIpc) is 2.86. The van der Waals surface area contributed by atoms with Crippen molar-refractivity contribution in [3.63, 3.8) is 0 Å². The minimum absolute atomic E-state index is 0.144. The molecule has 5 atom stereocenters. The van der Waals surface area contributed by atoms with Crippen LogP contribution in [-0.4, -0.2) is 50.7 Å². The lowest BCUT2D eigenvalue weighted by Gasteiger charge is -2.32. The fourth-order valence-corrected chi connectivity index (χ4v) is 4.66. The van der Waals surface area contributed by atoms with Gasteiger partial charge in [-0.3, -0.25) is 9.69 Å². The van der Waals surface area contributed by atoms with Crippen molar-refractivity contribution in [1.82, 2.24) is 10.2 Å². The van der Waals surface area contributed by atoms with Gasteiger partial charge in [0.05, 0.1) is 23.5 Å². The Hall–Kier alpha value is -1.28. The van der Waals surface area contributed by atoms with Gasteiger partial charge in [-0.1, -0.05) is 35.5 Å². The van der Waals surface area contributed by atoms with Gasteiger partial charge in [0.15, 0.2) is 0 Å². The number of nitrogens with one attached hydrogen (secondary N) is 1. The molecule has 1 aromatic rings. The number of aliphatic hydroxyl groups excluding tert-OH is 2. The van der Waals surface area contributed by atoms with Gasteiger partial charge in [0.1, 0.15) is 0 Å². The maximum Gasteiger partial charge on any atom is 0.325 e. The molecule has 0 radical (unpaired) electrons. The first-order valence-electron chi connectivity index (χ1n) is 8.28. The predicted octanol–water partition coefficient (Wildman–Crippen LogP) is 2.92. The van der Waals surface area contributed by atoms with E-state index in [-0.39, 0.29) is 29.0 Å². The summed E-state index contributed by atoms with van der Waals surface area (Å²) >= 11 is 7.03. The van der Waals surface area contributed by atoms with Gasteiger partial charge in [-0.15, -0.1) is 0 Å². The Balaban J connectivity index is 1.66. The molecule has 25 heavy (non-hydrogen) atoms. The van der Waals surface area contributed by atoms with Crippen LogP contribution in [0.25, 0.3) is 0 Å². The topological polar surface area (TPSA) is 89.9 Å². The van der Waals surface area contributed by atoms with Crippen molar-refractivity contribution in [1.29, 1.82) is 0 Å². The van der Waals surface area contributed by atoms with E-state index in [1.54, 1.807) is 12.1 Å². The number of hydrogen-bond donors (Lipinski definition) is 3. The number of urea groups is 1. The number of aliphatic hydroxyl groups is 2. The van der Waals surface area contributed by atoms with Crippen molar-refractivity contribution < 1.29 is 19.8 Å². The lowest BCUT2D eigenvalue weighted by atomic mass is 9.90. The zero-order valence-corrected chi connectivity index (χ0v) is 15.3. The highest BCUT2D eigenvalue weighted by Crippen LogP contribution is 2.43. The second-order valence-corrected chi connectivity index (χ2v) is 8.09. The molecule has 0 bridgehead atoms. The van der Waals surface area contributed by atoms with Gasteiger partial charge in [0, 0.05) is 11.1 Å². The number of halogens is 1. The number of carbonyl (C=O) groups excluding carboxylic acids is 2. The van der Waals surface area contributed by atoms with E-state index in [4.69, 9.17) is 11.6 Å². The molecule has 2 aliphatic rings. The van der Waals surface area contributed by atoms with Crippen molar-refractivity contribution in [2.24, 2.45) is 0 Å². The molecule has 1 saturated carbocycles. The molecular formula is C17H21ClN2O4S. The molecular weight excluding hydrogens is 364 g/mol. The van der Waals surface area contributed by atoms with E-state index in [0.29, 0.717) is 17.9 Å². The molecule has 1 heterocycles. The van der Waals surface area contributed by atoms with Crippen LogP contribution in [0.2, 0.25) is 5.02 Å². The SMILES string of the molecule is CC1C(c2ccc(Cl)cc2)SC(=O)N1C(=O)NC1CCC(O)C(O)C1. The van der Waals surface area contributed by atoms with Crippen molar-refractivity contribution in [2.45, 2.75) is 55.7 Å². The highest BCUT2D eigenvalue weighted by Gasteiger charge is 2.43. The monoisotopic (exact) mass is 384 g/mol. The first-order chi connectivity index (χ1) is 11.9. The molecule has 5 unspecified atom stereocenters. The van der Waals surface area contributed by atoms with E-state index >= 15 is 0 Å². The Labute approximate surface area is 155 Å². The summed E-state index contributed by atoms with van der Waals surface area (Å²) in [5.41, 5.74) is 0.946. The van der Waals surface area contributed by atoms with Crippen molar-refractivity contribution in [2.75, 3.05) is 0 Å². The van der Waals surface area contributed by atoms with E-state index in [1.807, 2.05) is 19.1 Å². The van der Waals surface area contributed by atoms with Crippen molar-refractivity contribution in [3.8, 4) is 0 Å². The summed E-state index contributed by atoms with van der Waals surface area (Å²) in [6.07, 6.45) is -0.296. The Morgan fingerprint density at radius 2 is 1.92 bits per heavy atom. The van der Waals surface area contributed by atoms with E-state index in [1.165, 1.54) is 4.90 Å². The predicted molar refractivity (Wildman–Crippen MR) is 96.7 cm³/mol. The molecule has 0 aromatic heterocycles. The summed E-state index contributed by atoms with van der Waals surface area (Å²) in [6.45, 7) is 1.84. The highest BCUT2D eigenvalue weighted by atomic mass is 35.5. The molecule has 1 aromatic carbocycles. The van der Waals surface area contributed by atoms with Gasteiger partial charge in [-0.05, 0) is 43.9 Å². The van der Waals surface area contributed by atoms with Crippen LogP contribution in [0.15, 0.2) is 24.3 Å². The average molecular weight is 385 g/mol. The van der Waals surface area contributed by atoms with Crippen LogP contribution in [0.3, 0.4) is 0 Å². The fraction of sp³-hybridized carbons (Fsp3) is 0.529. The first kappa shape index (κ1) is 18.5. The third-order valence-corrected chi connectivity index (χ3v) is 6.37. The molecule has 0 spiro atoms. The maximum atomic E-state index is 12.6. The number of benzene rings is 1. The summed E-state index contributed by atoms with van der Waals surface area (Å²) in [7, 11) is 0. The van der Waals surface area contributed by atoms with Gasteiger partial charge in [0.2, 0.25) is 0 Å². The quantitative estimate of drug-likeness (QED) is 0.729. The summed E-state index contributed by atoms with van der Waals surface area (Å²) < 4.78 is 0. The van der Waals surface area contributed by atoms with Crippen LogP contribution in [0, 0.1) is 0 Å². The summed E-state index contributed by atoms with van der Waals surface area (Å²) in [6, 6.07) is 6.28. The third kappa shape index (κ3) is 3.95. The zero-order chi connectivity index (χ0) is 18.1. The number of amides is 3. The minimum atomic E-state index is -0.845. The lowest BCUT2D eigenvalue weighted by Crippen LogP contribution is -2.51. The van der Waals surface area contributed by atoms with Crippen LogP contribution < -0.4 is 5.32 Å². The Bertz CT molecular complexity index is 657.